The van der Waals surface area contributed by atoms with Crippen molar-refractivity contribution in [3.05, 3.63) is 11.6 Å². The van der Waals surface area contributed by atoms with Crippen LogP contribution in [0.25, 0.3) is 0 Å². The summed E-state index contributed by atoms with van der Waals surface area (Å²) in [5, 5.41) is 0. The van der Waals surface area contributed by atoms with Gasteiger partial charge in [0.1, 0.15) is 0 Å². The van der Waals surface area contributed by atoms with Gasteiger partial charge < -0.3 is 4.57 Å². The first-order valence-electron chi connectivity index (χ1n) is 5.58. The Kier molecular flexibility index (Phi) is 4.01. The minimum atomic E-state index is -1.85. The van der Waals surface area contributed by atoms with Crippen molar-refractivity contribution in [1.82, 2.24) is 0 Å². The van der Waals surface area contributed by atoms with Crippen molar-refractivity contribution in [3.8, 4) is 0 Å². The number of allylic oxidation sites excluding steroid dienone is 2. The van der Waals surface area contributed by atoms with E-state index in [0.29, 0.717) is 0 Å². The van der Waals surface area contributed by atoms with Gasteiger partial charge in [0, 0.05) is 6.16 Å². The van der Waals surface area contributed by atoms with Crippen molar-refractivity contribution in [2.45, 2.75) is 33.1 Å². The van der Waals surface area contributed by atoms with Crippen LogP contribution in [0.1, 0.15) is 33.1 Å². The van der Waals surface area contributed by atoms with Crippen LogP contribution >= 0.6 is 7.14 Å². The molecule has 0 radical (unpaired) electrons. The number of hydrogen-bond donors (Lipinski definition) is 0. The van der Waals surface area contributed by atoms with Gasteiger partial charge in [0.15, 0.2) is 0 Å². The highest BCUT2D eigenvalue weighted by molar-refractivity contribution is 7.62. The second-order valence-electron chi connectivity index (χ2n) is 5.47. The quantitative estimate of drug-likeness (QED) is 0.501. The first-order valence-corrected chi connectivity index (χ1v) is 8.37. The largest absolute Gasteiger partial charge is 0.324 e. The molecule has 0 unspecified atom stereocenters. The molecule has 0 saturated heterocycles. The molecule has 1 aliphatic rings. The molecule has 1 nitrogen and oxygen atoms in total. The second kappa shape index (κ2) is 4.66. The Morgan fingerprint density at radius 3 is 2.21 bits per heavy atom. The lowest BCUT2D eigenvalue weighted by Crippen LogP contribution is -2.12. The molecule has 2 atom stereocenters. The zero-order chi connectivity index (χ0) is 10.8. The number of hydrogen-bond acceptors (Lipinski definition) is 1. The molecule has 1 saturated carbocycles. The lowest BCUT2D eigenvalue weighted by atomic mass is 9.80. The maximum absolute atomic E-state index is 11.6. The SMILES string of the molecule is C[C@@H]1CC(=CCP(C)(C)=O)C[C@@H](C)C1. The average molecular weight is 214 g/mol. The van der Waals surface area contributed by atoms with E-state index in [2.05, 4.69) is 19.9 Å². The van der Waals surface area contributed by atoms with Gasteiger partial charge in [-0.3, -0.25) is 0 Å². The standard InChI is InChI=1S/C12H23OP/c1-10-7-11(2)9-12(8-10)5-6-14(3,4)13/h5,10-11H,6-9H2,1-4H3/t10-,11-/m0/s1. The summed E-state index contributed by atoms with van der Waals surface area (Å²) in [6.07, 6.45) is 6.84. The van der Waals surface area contributed by atoms with Crippen molar-refractivity contribution in [2.24, 2.45) is 11.8 Å². The van der Waals surface area contributed by atoms with Crippen LogP contribution in [0, 0.1) is 11.8 Å². The molecule has 0 N–H and O–H groups in total. The van der Waals surface area contributed by atoms with Gasteiger partial charge in [0.2, 0.25) is 0 Å². The molecule has 1 aliphatic carbocycles. The van der Waals surface area contributed by atoms with E-state index in [1.807, 2.05) is 13.3 Å². The Labute approximate surface area is 88.3 Å². The summed E-state index contributed by atoms with van der Waals surface area (Å²) in [7, 11) is -1.85. The van der Waals surface area contributed by atoms with Crippen LogP contribution in [-0.2, 0) is 4.57 Å². The maximum Gasteiger partial charge on any atom is 0.0855 e. The van der Waals surface area contributed by atoms with E-state index in [9.17, 15) is 4.57 Å². The zero-order valence-corrected chi connectivity index (χ0v) is 10.8. The van der Waals surface area contributed by atoms with Gasteiger partial charge in [-0.2, -0.15) is 0 Å². The van der Waals surface area contributed by atoms with Crippen LogP contribution in [-0.4, -0.2) is 19.5 Å². The zero-order valence-electron chi connectivity index (χ0n) is 9.92. The molecule has 1 rings (SSSR count). The normalized spacial score (nSPS) is 29.0. The molecule has 0 heterocycles. The predicted octanol–water partition coefficient (Wildman–Crippen LogP) is 3.99. The molecule has 0 aromatic carbocycles. The Hall–Kier alpha value is -0.0300. The summed E-state index contributed by atoms with van der Waals surface area (Å²) < 4.78 is 11.6. The van der Waals surface area contributed by atoms with E-state index in [1.54, 1.807) is 5.57 Å². The molecule has 2 heteroatoms. The van der Waals surface area contributed by atoms with Crippen LogP contribution in [0.15, 0.2) is 11.6 Å². The molecule has 0 aliphatic heterocycles. The summed E-state index contributed by atoms with van der Waals surface area (Å²) >= 11 is 0. The van der Waals surface area contributed by atoms with E-state index >= 15 is 0 Å². The molecule has 0 spiro atoms. The van der Waals surface area contributed by atoms with E-state index in [0.717, 1.165) is 18.0 Å². The molecular formula is C12H23OP. The average Bonchev–Trinajstić information content (AvgIpc) is 1.97. The summed E-state index contributed by atoms with van der Waals surface area (Å²) in [6.45, 7) is 8.39. The van der Waals surface area contributed by atoms with Crippen LogP contribution < -0.4 is 0 Å². The Morgan fingerprint density at radius 2 is 1.79 bits per heavy atom. The minimum Gasteiger partial charge on any atom is -0.324 e. The first-order chi connectivity index (χ1) is 6.37. The topological polar surface area (TPSA) is 17.1 Å². The molecular weight excluding hydrogens is 191 g/mol. The predicted molar refractivity (Wildman–Crippen MR) is 64.6 cm³/mol. The maximum atomic E-state index is 11.6. The highest BCUT2D eigenvalue weighted by atomic mass is 31.2. The van der Waals surface area contributed by atoms with Crippen molar-refractivity contribution < 1.29 is 4.57 Å². The van der Waals surface area contributed by atoms with E-state index in [4.69, 9.17) is 0 Å². The van der Waals surface area contributed by atoms with Crippen molar-refractivity contribution >= 4 is 7.14 Å². The fourth-order valence-corrected chi connectivity index (χ4v) is 3.05. The van der Waals surface area contributed by atoms with Gasteiger partial charge in [-0.1, -0.05) is 25.5 Å². The van der Waals surface area contributed by atoms with Gasteiger partial charge >= 0.3 is 0 Å². The highest BCUT2D eigenvalue weighted by Crippen LogP contribution is 2.38. The molecule has 82 valence electrons. The van der Waals surface area contributed by atoms with E-state index < -0.39 is 7.14 Å². The van der Waals surface area contributed by atoms with Crippen molar-refractivity contribution in [2.75, 3.05) is 19.5 Å². The third kappa shape index (κ3) is 4.46. The molecule has 0 bridgehead atoms. The summed E-state index contributed by atoms with van der Waals surface area (Å²) in [6, 6.07) is 0. The van der Waals surface area contributed by atoms with Gasteiger partial charge in [-0.05, 0) is 44.4 Å². The van der Waals surface area contributed by atoms with Gasteiger partial charge in [0.25, 0.3) is 0 Å². The van der Waals surface area contributed by atoms with Crippen LogP contribution in [0.3, 0.4) is 0 Å². The lowest BCUT2D eigenvalue weighted by molar-refractivity contribution is 0.358. The minimum absolute atomic E-state index is 0.793. The molecule has 0 amide bonds. The van der Waals surface area contributed by atoms with Crippen molar-refractivity contribution in [1.29, 1.82) is 0 Å². The molecule has 0 aromatic heterocycles. The van der Waals surface area contributed by atoms with E-state index in [1.165, 1.54) is 19.3 Å². The van der Waals surface area contributed by atoms with Gasteiger partial charge in [0.05, 0.1) is 7.14 Å². The van der Waals surface area contributed by atoms with Crippen LogP contribution in [0.2, 0.25) is 0 Å². The third-order valence-electron chi connectivity index (χ3n) is 2.85. The molecule has 14 heavy (non-hydrogen) atoms. The Morgan fingerprint density at radius 1 is 1.29 bits per heavy atom. The fraction of sp³-hybridized carbons (Fsp3) is 0.833. The van der Waals surface area contributed by atoms with Crippen LogP contribution in [0.4, 0.5) is 0 Å². The summed E-state index contributed by atoms with van der Waals surface area (Å²) in [5.41, 5.74) is 1.54. The van der Waals surface area contributed by atoms with E-state index in [-0.39, 0.29) is 0 Å². The van der Waals surface area contributed by atoms with Gasteiger partial charge in [-0.25, -0.2) is 0 Å². The fourth-order valence-electron chi connectivity index (χ4n) is 2.35. The summed E-state index contributed by atoms with van der Waals surface area (Å²) in [5.74, 6) is 1.64. The number of rotatable bonds is 2. The van der Waals surface area contributed by atoms with Gasteiger partial charge in [-0.15, -0.1) is 0 Å². The summed E-state index contributed by atoms with van der Waals surface area (Å²) in [4.78, 5) is 0. The Balaban J connectivity index is 2.55. The first kappa shape index (κ1) is 12.0. The molecule has 1 fully saturated rings. The van der Waals surface area contributed by atoms with Crippen molar-refractivity contribution in [3.63, 3.8) is 0 Å². The molecule has 0 aromatic rings. The monoisotopic (exact) mass is 214 g/mol. The second-order valence-corrected chi connectivity index (χ2v) is 8.99. The highest BCUT2D eigenvalue weighted by Gasteiger charge is 2.19. The third-order valence-corrected chi connectivity index (χ3v) is 3.91. The lowest BCUT2D eigenvalue weighted by Gasteiger charge is -2.26. The van der Waals surface area contributed by atoms with Crippen LogP contribution in [0.5, 0.6) is 0 Å². The Bertz CT molecular complexity index is 249. The smallest absolute Gasteiger partial charge is 0.0855 e.